The lowest BCUT2D eigenvalue weighted by Gasteiger charge is -2.20. The van der Waals surface area contributed by atoms with Crippen molar-refractivity contribution < 1.29 is 14.3 Å². The van der Waals surface area contributed by atoms with Gasteiger partial charge in [0.2, 0.25) is 11.8 Å². The number of rotatable bonds is 7. The zero-order chi connectivity index (χ0) is 14.3. The molecule has 1 aromatic rings. The highest BCUT2D eigenvalue weighted by atomic mass is 32.1. The lowest BCUT2D eigenvalue weighted by molar-refractivity contribution is -0.138. The normalized spacial score (nSPS) is 10.3. The van der Waals surface area contributed by atoms with Crippen molar-refractivity contribution in [2.24, 2.45) is 0 Å². The number of carbonyl (C=O) groups is 2. The molecule has 1 heterocycles. The SMILES string of the molecule is CCCN(CC(=O)Nc1ncc(C)s1)C(=O)COC. The molecule has 0 aromatic carbocycles. The predicted octanol–water partition coefficient (Wildman–Crippen LogP) is 1.28. The van der Waals surface area contributed by atoms with Crippen molar-refractivity contribution in [3.05, 3.63) is 11.1 Å². The summed E-state index contributed by atoms with van der Waals surface area (Å²) in [6, 6.07) is 0. The Morgan fingerprint density at radius 1 is 1.53 bits per heavy atom. The Labute approximate surface area is 116 Å². The van der Waals surface area contributed by atoms with Gasteiger partial charge in [0, 0.05) is 24.7 Å². The first-order valence-electron chi connectivity index (χ1n) is 6.05. The number of hydrogen-bond donors (Lipinski definition) is 1. The van der Waals surface area contributed by atoms with Crippen LogP contribution in [0, 0.1) is 6.92 Å². The molecule has 6 nitrogen and oxygen atoms in total. The van der Waals surface area contributed by atoms with E-state index in [1.807, 2.05) is 13.8 Å². The number of hydrogen-bond acceptors (Lipinski definition) is 5. The topological polar surface area (TPSA) is 71.5 Å². The van der Waals surface area contributed by atoms with Gasteiger partial charge >= 0.3 is 0 Å². The van der Waals surface area contributed by atoms with Gasteiger partial charge in [0.05, 0.1) is 6.54 Å². The van der Waals surface area contributed by atoms with Gasteiger partial charge in [0.25, 0.3) is 0 Å². The second-order valence-corrected chi connectivity index (χ2v) is 5.31. The van der Waals surface area contributed by atoms with E-state index in [9.17, 15) is 9.59 Å². The standard InChI is InChI=1S/C12H19N3O3S/c1-4-5-15(11(17)8-18-3)7-10(16)14-12-13-6-9(2)19-12/h6H,4-5,7-8H2,1-3H3,(H,13,14,16). The van der Waals surface area contributed by atoms with Crippen molar-refractivity contribution in [3.63, 3.8) is 0 Å². The summed E-state index contributed by atoms with van der Waals surface area (Å²) in [7, 11) is 1.46. The number of carbonyl (C=O) groups excluding carboxylic acids is 2. The van der Waals surface area contributed by atoms with Crippen molar-refractivity contribution in [2.75, 3.05) is 32.1 Å². The lowest BCUT2D eigenvalue weighted by Crippen LogP contribution is -2.40. The molecule has 0 saturated heterocycles. The van der Waals surface area contributed by atoms with Gasteiger partial charge in [-0.25, -0.2) is 4.98 Å². The van der Waals surface area contributed by atoms with E-state index < -0.39 is 0 Å². The average Bonchev–Trinajstić information content (AvgIpc) is 2.74. The Hall–Kier alpha value is -1.47. The highest BCUT2D eigenvalue weighted by molar-refractivity contribution is 7.15. The quantitative estimate of drug-likeness (QED) is 0.819. The Bertz CT molecular complexity index is 434. The molecule has 0 saturated carbocycles. The van der Waals surface area contributed by atoms with E-state index in [0.717, 1.165) is 11.3 Å². The maximum Gasteiger partial charge on any atom is 0.249 e. The Balaban J connectivity index is 2.53. The Morgan fingerprint density at radius 3 is 2.79 bits per heavy atom. The fraction of sp³-hybridized carbons (Fsp3) is 0.583. The van der Waals surface area contributed by atoms with Crippen LogP contribution in [0.4, 0.5) is 5.13 Å². The van der Waals surface area contributed by atoms with Crippen LogP contribution in [0.3, 0.4) is 0 Å². The molecular weight excluding hydrogens is 266 g/mol. The van der Waals surface area contributed by atoms with Crippen molar-refractivity contribution in [2.45, 2.75) is 20.3 Å². The number of ether oxygens (including phenoxy) is 1. The molecule has 0 aliphatic carbocycles. The Morgan fingerprint density at radius 2 is 2.26 bits per heavy atom. The van der Waals surface area contributed by atoms with Crippen molar-refractivity contribution in [1.29, 1.82) is 0 Å². The average molecular weight is 285 g/mol. The first-order chi connectivity index (χ1) is 9.06. The number of aryl methyl sites for hydroxylation is 1. The van der Waals surface area contributed by atoms with Crippen LogP contribution in [0.15, 0.2) is 6.20 Å². The van der Waals surface area contributed by atoms with Gasteiger partial charge in [0.1, 0.15) is 6.61 Å². The number of methoxy groups -OCH3 is 1. The van der Waals surface area contributed by atoms with Crippen molar-refractivity contribution in [1.82, 2.24) is 9.88 Å². The summed E-state index contributed by atoms with van der Waals surface area (Å²) in [5.41, 5.74) is 0. The fourth-order valence-electron chi connectivity index (χ4n) is 1.52. The molecule has 1 N–H and O–H groups in total. The molecule has 0 radical (unpaired) electrons. The molecule has 0 bridgehead atoms. The van der Waals surface area contributed by atoms with E-state index in [4.69, 9.17) is 4.74 Å². The molecule has 0 aliphatic heterocycles. The largest absolute Gasteiger partial charge is 0.375 e. The maximum absolute atomic E-state index is 11.8. The van der Waals surface area contributed by atoms with Gasteiger partial charge < -0.3 is 15.0 Å². The van der Waals surface area contributed by atoms with Crippen molar-refractivity contribution in [3.8, 4) is 0 Å². The highest BCUT2D eigenvalue weighted by Gasteiger charge is 2.16. The molecule has 0 spiro atoms. The zero-order valence-corrected chi connectivity index (χ0v) is 12.2. The minimum absolute atomic E-state index is 0.0103. The van der Waals surface area contributed by atoms with Crippen LogP contribution in [0.1, 0.15) is 18.2 Å². The van der Waals surface area contributed by atoms with Crippen LogP contribution in [-0.2, 0) is 14.3 Å². The van der Waals surface area contributed by atoms with E-state index in [1.165, 1.54) is 23.3 Å². The number of thiazole rings is 1. The molecule has 1 rings (SSSR count). The van der Waals surface area contributed by atoms with Crippen LogP contribution in [-0.4, -0.2) is 48.5 Å². The van der Waals surface area contributed by atoms with Crippen LogP contribution in [0.2, 0.25) is 0 Å². The third kappa shape index (κ3) is 5.35. The summed E-state index contributed by atoms with van der Waals surface area (Å²) >= 11 is 1.40. The number of amides is 2. The van der Waals surface area contributed by atoms with Gasteiger partial charge in [-0.3, -0.25) is 9.59 Å². The van der Waals surface area contributed by atoms with Gasteiger partial charge in [-0.05, 0) is 13.3 Å². The third-order valence-corrected chi connectivity index (χ3v) is 3.14. The zero-order valence-electron chi connectivity index (χ0n) is 11.4. The second-order valence-electron chi connectivity index (χ2n) is 4.07. The van der Waals surface area contributed by atoms with E-state index in [1.54, 1.807) is 6.20 Å². The smallest absolute Gasteiger partial charge is 0.249 e. The highest BCUT2D eigenvalue weighted by Crippen LogP contribution is 2.16. The molecule has 0 fully saturated rings. The Kier molecular flexibility index (Phi) is 6.44. The molecule has 106 valence electrons. The van der Waals surface area contributed by atoms with Gasteiger partial charge in [-0.15, -0.1) is 11.3 Å². The molecule has 2 amide bonds. The van der Waals surface area contributed by atoms with E-state index in [-0.39, 0.29) is 25.0 Å². The summed E-state index contributed by atoms with van der Waals surface area (Å²) in [6.45, 7) is 4.42. The van der Waals surface area contributed by atoms with Crippen LogP contribution in [0.5, 0.6) is 0 Å². The summed E-state index contributed by atoms with van der Waals surface area (Å²) in [5.74, 6) is -0.429. The summed E-state index contributed by atoms with van der Waals surface area (Å²) in [5, 5.41) is 3.24. The van der Waals surface area contributed by atoms with Crippen LogP contribution < -0.4 is 5.32 Å². The van der Waals surface area contributed by atoms with Gasteiger partial charge in [-0.2, -0.15) is 0 Å². The summed E-state index contributed by atoms with van der Waals surface area (Å²) < 4.78 is 4.80. The van der Waals surface area contributed by atoms with Crippen LogP contribution >= 0.6 is 11.3 Å². The van der Waals surface area contributed by atoms with E-state index >= 15 is 0 Å². The summed E-state index contributed by atoms with van der Waals surface area (Å²) in [6.07, 6.45) is 2.49. The first-order valence-corrected chi connectivity index (χ1v) is 6.87. The predicted molar refractivity (Wildman–Crippen MR) is 74.2 cm³/mol. The molecule has 19 heavy (non-hydrogen) atoms. The first kappa shape index (κ1) is 15.6. The number of nitrogens with one attached hydrogen (secondary N) is 1. The maximum atomic E-state index is 11.8. The summed E-state index contributed by atoms with van der Waals surface area (Å²) in [4.78, 5) is 30.1. The monoisotopic (exact) mass is 285 g/mol. The fourth-order valence-corrected chi connectivity index (χ4v) is 2.20. The molecule has 1 aromatic heterocycles. The van der Waals surface area contributed by atoms with E-state index in [2.05, 4.69) is 10.3 Å². The molecule has 7 heteroatoms. The molecule has 0 unspecified atom stereocenters. The van der Waals surface area contributed by atoms with Gasteiger partial charge in [0.15, 0.2) is 5.13 Å². The number of anilines is 1. The number of aromatic nitrogens is 1. The number of nitrogens with zero attached hydrogens (tertiary/aromatic N) is 2. The van der Waals surface area contributed by atoms with E-state index in [0.29, 0.717) is 11.7 Å². The minimum Gasteiger partial charge on any atom is -0.375 e. The molecule has 0 atom stereocenters. The van der Waals surface area contributed by atoms with Crippen molar-refractivity contribution >= 4 is 28.3 Å². The van der Waals surface area contributed by atoms with Gasteiger partial charge in [-0.1, -0.05) is 6.92 Å². The molecular formula is C12H19N3O3S. The third-order valence-electron chi connectivity index (χ3n) is 2.32. The second kappa shape index (κ2) is 7.85. The minimum atomic E-state index is -0.243. The lowest BCUT2D eigenvalue weighted by atomic mass is 10.3. The molecule has 0 aliphatic rings. The van der Waals surface area contributed by atoms with Crippen LogP contribution in [0.25, 0.3) is 0 Å².